The van der Waals surface area contributed by atoms with Crippen LogP contribution in [0.25, 0.3) is 0 Å². The molecule has 2 atom stereocenters. The van der Waals surface area contributed by atoms with Crippen molar-refractivity contribution in [2.24, 2.45) is 11.7 Å². The summed E-state index contributed by atoms with van der Waals surface area (Å²) >= 11 is 0. The van der Waals surface area contributed by atoms with Gasteiger partial charge in [0.15, 0.2) is 0 Å². The van der Waals surface area contributed by atoms with Crippen LogP contribution in [-0.4, -0.2) is 18.5 Å². The highest BCUT2D eigenvalue weighted by Gasteiger charge is 2.14. The van der Waals surface area contributed by atoms with Crippen molar-refractivity contribution in [1.29, 1.82) is 0 Å². The summed E-state index contributed by atoms with van der Waals surface area (Å²) in [5, 5.41) is 3.04. The second kappa shape index (κ2) is 8.39. The normalized spacial score (nSPS) is 13.0. The summed E-state index contributed by atoms with van der Waals surface area (Å²) < 4.78 is 0. The smallest absolute Gasteiger partial charge is 0.252 e. The van der Waals surface area contributed by atoms with Crippen LogP contribution in [0.5, 0.6) is 0 Å². The highest BCUT2D eigenvalue weighted by molar-refractivity contribution is 5.96. The number of nitrogens with two attached hydrogens (primary N) is 1. The molecule has 3 nitrogen and oxygen atoms in total. The molecule has 0 aliphatic heterocycles. The highest BCUT2D eigenvalue weighted by Crippen LogP contribution is 2.11. The van der Waals surface area contributed by atoms with E-state index in [1.54, 1.807) is 6.07 Å². The van der Waals surface area contributed by atoms with Crippen LogP contribution in [0.4, 0.5) is 0 Å². The van der Waals surface area contributed by atoms with Crippen molar-refractivity contribution >= 4 is 5.91 Å². The fraction of sp³-hybridized carbons (Fsp3) is 0.471. The molecule has 1 amide bonds. The molecule has 0 aliphatic carbocycles. The fourth-order valence-electron chi connectivity index (χ4n) is 2.07. The molecule has 108 valence electrons. The fourth-order valence-corrected chi connectivity index (χ4v) is 2.07. The van der Waals surface area contributed by atoms with Gasteiger partial charge >= 0.3 is 0 Å². The van der Waals surface area contributed by atoms with Gasteiger partial charge in [-0.05, 0) is 31.4 Å². The zero-order valence-electron chi connectivity index (χ0n) is 12.6. The predicted molar refractivity (Wildman–Crippen MR) is 83.4 cm³/mol. The van der Waals surface area contributed by atoms with Crippen molar-refractivity contribution in [3.63, 3.8) is 0 Å². The van der Waals surface area contributed by atoms with Gasteiger partial charge < -0.3 is 11.1 Å². The number of hydrogen-bond acceptors (Lipinski definition) is 2. The van der Waals surface area contributed by atoms with E-state index < -0.39 is 0 Å². The molecule has 0 saturated carbocycles. The topological polar surface area (TPSA) is 55.1 Å². The largest absolute Gasteiger partial charge is 0.350 e. The Balaban J connectivity index is 2.77. The Morgan fingerprint density at radius 1 is 1.35 bits per heavy atom. The second-order valence-electron chi connectivity index (χ2n) is 5.18. The molecule has 1 aromatic rings. The van der Waals surface area contributed by atoms with Crippen LogP contribution in [0.2, 0.25) is 0 Å². The Bertz CT molecular complexity index is 499. The van der Waals surface area contributed by atoms with Crippen LogP contribution in [0.15, 0.2) is 24.3 Å². The maximum atomic E-state index is 12.3. The van der Waals surface area contributed by atoms with E-state index in [9.17, 15) is 4.79 Å². The van der Waals surface area contributed by atoms with Crippen LogP contribution in [0.1, 0.15) is 49.5 Å². The molecule has 0 saturated heterocycles. The first-order valence-electron chi connectivity index (χ1n) is 7.17. The van der Waals surface area contributed by atoms with Crippen LogP contribution in [-0.2, 0) is 0 Å². The number of carbonyl (C=O) groups is 1. The first kappa shape index (κ1) is 16.3. The summed E-state index contributed by atoms with van der Waals surface area (Å²) in [7, 11) is 0. The Labute approximate surface area is 121 Å². The number of nitrogens with one attached hydrogen (secondary N) is 1. The van der Waals surface area contributed by atoms with Gasteiger partial charge in [-0.2, -0.15) is 0 Å². The molecule has 3 N–H and O–H groups in total. The molecule has 0 radical (unpaired) electrons. The van der Waals surface area contributed by atoms with Crippen LogP contribution < -0.4 is 11.1 Å². The lowest BCUT2D eigenvalue weighted by Crippen LogP contribution is -2.34. The summed E-state index contributed by atoms with van der Waals surface area (Å²) in [5.41, 5.74) is 6.72. The van der Waals surface area contributed by atoms with E-state index in [2.05, 4.69) is 31.0 Å². The molecule has 3 heteroatoms. The molecule has 0 aliphatic rings. The Kier molecular flexibility index (Phi) is 6.83. The lowest BCUT2D eigenvalue weighted by atomic mass is 10.00. The van der Waals surface area contributed by atoms with Crippen molar-refractivity contribution in [2.45, 2.75) is 39.7 Å². The van der Waals surface area contributed by atoms with Crippen molar-refractivity contribution in [3.8, 4) is 11.8 Å². The van der Waals surface area contributed by atoms with Gasteiger partial charge in [0.2, 0.25) is 0 Å². The minimum absolute atomic E-state index is 0.0669. The number of carbonyl (C=O) groups excluding carboxylic acids is 1. The third-order valence-corrected chi connectivity index (χ3v) is 3.33. The maximum Gasteiger partial charge on any atom is 0.252 e. The lowest BCUT2D eigenvalue weighted by Gasteiger charge is -2.18. The maximum absolute atomic E-state index is 12.3. The van der Waals surface area contributed by atoms with Crippen LogP contribution in [0, 0.1) is 17.8 Å². The van der Waals surface area contributed by atoms with E-state index in [-0.39, 0.29) is 11.9 Å². The molecule has 1 rings (SSSR count). The van der Waals surface area contributed by atoms with Crippen LogP contribution >= 0.6 is 0 Å². The minimum atomic E-state index is -0.0669. The predicted octanol–water partition coefficient (Wildman–Crippen LogP) is 2.55. The van der Waals surface area contributed by atoms with E-state index in [0.29, 0.717) is 18.0 Å². The Morgan fingerprint density at radius 3 is 2.70 bits per heavy atom. The highest BCUT2D eigenvalue weighted by atomic mass is 16.1. The van der Waals surface area contributed by atoms with Gasteiger partial charge in [-0.25, -0.2) is 0 Å². The van der Waals surface area contributed by atoms with Crippen molar-refractivity contribution in [1.82, 2.24) is 5.32 Å². The molecule has 0 heterocycles. The summed E-state index contributed by atoms with van der Waals surface area (Å²) in [6.45, 7) is 6.69. The molecule has 0 bridgehead atoms. The Hall–Kier alpha value is -1.79. The van der Waals surface area contributed by atoms with Gasteiger partial charge in [0.1, 0.15) is 0 Å². The quantitative estimate of drug-likeness (QED) is 0.809. The van der Waals surface area contributed by atoms with Gasteiger partial charge in [0.25, 0.3) is 5.91 Å². The SMILES string of the molecule is CCC(C)CC(C)NC(=O)c1ccccc1C#CCN. The first-order valence-corrected chi connectivity index (χ1v) is 7.17. The molecular formula is C17H24N2O. The zero-order chi connectivity index (χ0) is 15.0. The summed E-state index contributed by atoms with van der Waals surface area (Å²) in [6.07, 6.45) is 2.11. The van der Waals surface area contributed by atoms with E-state index in [0.717, 1.165) is 18.4 Å². The molecule has 0 fully saturated rings. The van der Waals surface area contributed by atoms with Crippen molar-refractivity contribution in [2.75, 3.05) is 6.54 Å². The first-order chi connectivity index (χ1) is 9.58. The lowest BCUT2D eigenvalue weighted by molar-refractivity contribution is 0.0935. The number of benzene rings is 1. The minimum Gasteiger partial charge on any atom is -0.350 e. The zero-order valence-corrected chi connectivity index (χ0v) is 12.6. The van der Waals surface area contributed by atoms with Gasteiger partial charge in [-0.15, -0.1) is 0 Å². The third-order valence-electron chi connectivity index (χ3n) is 3.33. The molecule has 20 heavy (non-hydrogen) atoms. The van der Waals surface area contributed by atoms with E-state index in [1.165, 1.54) is 0 Å². The molecule has 0 aromatic heterocycles. The second-order valence-corrected chi connectivity index (χ2v) is 5.18. The summed E-state index contributed by atoms with van der Waals surface area (Å²) in [5.74, 6) is 6.28. The molecule has 0 spiro atoms. The van der Waals surface area contributed by atoms with Gasteiger partial charge in [-0.3, -0.25) is 4.79 Å². The van der Waals surface area contributed by atoms with Gasteiger partial charge in [-0.1, -0.05) is 44.2 Å². The number of hydrogen-bond donors (Lipinski definition) is 2. The molecule has 2 unspecified atom stereocenters. The van der Waals surface area contributed by atoms with Gasteiger partial charge in [0.05, 0.1) is 12.1 Å². The van der Waals surface area contributed by atoms with Crippen molar-refractivity contribution in [3.05, 3.63) is 35.4 Å². The monoisotopic (exact) mass is 272 g/mol. The van der Waals surface area contributed by atoms with Crippen LogP contribution in [0.3, 0.4) is 0 Å². The van der Waals surface area contributed by atoms with E-state index >= 15 is 0 Å². The molecular weight excluding hydrogens is 248 g/mol. The average molecular weight is 272 g/mol. The standard InChI is InChI=1S/C17H24N2O/c1-4-13(2)12-14(3)19-17(20)16-10-6-5-8-15(16)9-7-11-18/h5-6,8,10,13-14H,4,11-12,18H2,1-3H3,(H,19,20). The Morgan fingerprint density at radius 2 is 2.05 bits per heavy atom. The van der Waals surface area contributed by atoms with Crippen molar-refractivity contribution < 1.29 is 4.79 Å². The number of rotatable bonds is 5. The average Bonchev–Trinajstić information content (AvgIpc) is 2.44. The third kappa shape index (κ3) is 5.07. The van der Waals surface area contributed by atoms with E-state index in [1.807, 2.05) is 25.1 Å². The summed E-state index contributed by atoms with van der Waals surface area (Å²) in [4.78, 5) is 12.3. The molecule has 1 aromatic carbocycles. The van der Waals surface area contributed by atoms with Gasteiger partial charge in [0, 0.05) is 11.6 Å². The summed E-state index contributed by atoms with van der Waals surface area (Å²) in [6, 6.07) is 7.53. The van der Waals surface area contributed by atoms with E-state index in [4.69, 9.17) is 5.73 Å². The number of amides is 1.